The van der Waals surface area contributed by atoms with Crippen LogP contribution in [-0.4, -0.2) is 31.2 Å². The lowest BCUT2D eigenvalue weighted by Crippen LogP contribution is -2.28. The molecular formula is C24H26N8. The second-order valence-electron chi connectivity index (χ2n) is 8.61. The second-order valence-corrected chi connectivity index (χ2v) is 8.61. The molecule has 1 fully saturated rings. The van der Waals surface area contributed by atoms with Crippen molar-refractivity contribution in [3.8, 4) is 0 Å². The van der Waals surface area contributed by atoms with Crippen molar-refractivity contribution in [1.29, 1.82) is 0 Å². The number of hydrogen-bond donors (Lipinski definition) is 3. The number of nitrogens with one attached hydrogen (secondary N) is 3. The highest BCUT2D eigenvalue weighted by molar-refractivity contribution is 6.06. The molecule has 1 aliphatic heterocycles. The Bertz CT molecular complexity index is 1300. The third-order valence-electron chi connectivity index (χ3n) is 6.70. The minimum atomic E-state index is 0.400. The molecule has 0 aromatic carbocycles. The summed E-state index contributed by atoms with van der Waals surface area (Å²) >= 11 is 0. The van der Waals surface area contributed by atoms with E-state index in [9.17, 15) is 0 Å². The van der Waals surface area contributed by atoms with E-state index in [-0.39, 0.29) is 0 Å². The Kier molecular flexibility index (Phi) is 4.72. The molecule has 0 amide bonds. The van der Waals surface area contributed by atoms with Crippen molar-refractivity contribution in [3.63, 3.8) is 0 Å². The predicted molar refractivity (Wildman–Crippen MR) is 127 cm³/mol. The Morgan fingerprint density at radius 3 is 2.84 bits per heavy atom. The van der Waals surface area contributed by atoms with Gasteiger partial charge in [-0.15, -0.1) is 6.58 Å². The quantitative estimate of drug-likeness (QED) is 0.414. The molecule has 0 bridgehead atoms. The van der Waals surface area contributed by atoms with E-state index >= 15 is 0 Å². The number of nitrogens with zero attached hydrogens (tertiary/aromatic N) is 5. The van der Waals surface area contributed by atoms with Crippen molar-refractivity contribution < 1.29 is 0 Å². The normalized spacial score (nSPS) is 20.6. The summed E-state index contributed by atoms with van der Waals surface area (Å²) in [7, 11) is 0. The Balaban J connectivity index is 1.40. The van der Waals surface area contributed by atoms with Crippen LogP contribution in [0.5, 0.6) is 0 Å². The summed E-state index contributed by atoms with van der Waals surface area (Å²) in [6.07, 6.45) is 12.4. The Hall–Kier alpha value is -3.52. The van der Waals surface area contributed by atoms with Gasteiger partial charge in [0, 0.05) is 41.3 Å². The van der Waals surface area contributed by atoms with E-state index in [2.05, 4.69) is 55.3 Å². The molecule has 1 aliphatic carbocycles. The zero-order chi connectivity index (χ0) is 21.5. The van der Waals surface area contributed by atoms with Gasteiger partial charge in [-0.1, -0.05) is 12.1 Å². The van der Waals surface area contributed by atoms with E-state index < -0.39 is 0 Å². The van der Waals surface area contributed by atoms with Crippen LogP contribution >= 0.6 is 0 Å². The van der Waals surface area contributed by atoms with E-state index in [1.54, 1.807) is 0 Å². The number of hydrogen-bond acceptors (Lipinski definition) is 7. The lowest BCUT2D eigenvalue weighted by Gasteiger charge is -2.28. The molecule has 8 nitrogen and oxygen atoms in total. The van der Waals surface area contributed by atoms with Gasteiger partial charge in [-0.2, -0.15) is 4.98 Å². The van der Waals surface area contributed by atoms with E-state index in [1.807, 2.05) is 24.7 Å². The average molecular weight is 427 g/mol. The number of pyridine rings is 2. The van der Waals surface area contributed by atoms with Gasteiger partial charge in [-0.05, 0) is 43.7 Å². The number of anilines is 3. The van der Waals surface area contributed by atoms with Gasteiger partial charge in [0.25, 0.3) is 0 Å². The molecule has 5 heterocycles. The standard InChI is InChI=1S/C24H26N8/c1-2-15-3-6-17(7-4-15)32-20-13-25-10-9-18(20)19-12-27-24(31-23(19)32)30-21-8-5-16-11-26-14-28-22(16)29-21/h2,5,8-10,12-13,15,17,26H,1,3-4,6-7,11,14H2,(H2,27,28,29,30,31). The first-order valence-corrected chi connectivity index (χ1v) is 11.2. The van der Waals surface area contributed by atoms with Gasteiger partial charge in [0.1, 0.15) is 17.3 Å². The number of allylic oxidation sites excluding steroid dienone is 1. The van der Waals surface area contributed by atoms with Crippen LogP contribution in [0.25, 0.3) is 21.9 Å². The molecule has 2 aliphatic rings. The molecule has 162 valence electrons. The van der Waals surface area contributed by atoms with Crippen LogP contribution in [0.2, 0.25) is 0 Å². The van der Waals surface area contributed by atoms with Crippen LogP contribution in [-0.2, 0) is 6.54 Å². The summed E-state index contributed by atoms with van der Waals surface area (Å²) in [6, 6.07) is 6.50. The first-order chi connectivity index (χ1) is 15.8. The molecule has 1 saturated carbocycles. The summed E-state index contributed by atoms with van der Waals surface area (Å²) < 4.78 is 2.37. The fraction of sp³-hybridized carbons (Fsp3) is 0.333. The Morgan fingerprint density at radius 1 is 1.06 bits per heavy atom. The Morgan fingerprint density at radius 2 is 1.97 bits per heavy atom. The van der Waals surface area contributed by atoms with Gasteiger partial charge < -0.3 is 15.2 Å². The Labute approximate surface area is 186 Å². The second kappa shape index (κ2) is 7.87. The van der Waals surface area contributed by atoms with E-state index in [0.29, 0.717) is 24.6 Å². The first kappa shape index (κ1) is 19.2. The fourth-order valence-corrected chi connectivity index (χ4v) is 5.00. The van der Waals surface area contributed by atoms with Gasteiger partial charge in [-0.3, -0.25) is 10.3 Å². The minimum absolute atomic E-state index is 0.400. The third kappa shape index (κ3) is 3.27. The molecule has 6 rings (SSSR count). The van der Waals surface area contributed by atoms with Crippen molar-refractivity contribution in [1.82, 2.24) is 29.8 Å². The number of fused-ring (bicyclic) bond motifs is 4. The molecular weight excluding hydrogens is 400 g/mol. The molecule has 3 N–H and O–H groups in total. The van der Waals surface area contributed by atoms with Crippen molar-refractivity contribution in [2.75, 3.05) is 17.3 Å². The summed E-state index contributed by atoms with van der Waals surface area (Å²) in [6.45, 7) is 5.53. The van der Waals surface area contributed by atoms with Crippen molar-refractivity contribution in [3.05, 3.63) is 55.0 Å². The number of aromatic nitrogens is 5. The van der Waals surface area contributed by atoms with Crippen LogP contribution in [0.3, 0.4) is 0 Å². The molecule has 0 atom stereocenters. The zero-order valence-corrected chi connectivity index (χ0v) is 17.9. The zero-order valence-electron chi connectivity index (χ0n) is 17.9. The maximum atomic E-state index is 4.95. The molecule has 0 spiro atoms. The monoisotopic (exact) mass is 426 g/mol. The third-order valence-corrected chi connectivity index (χ3v) is 6.70. The van der Waals surface area contributed by atoms with Gasteiger partial charge in [0.15, 0.2) is 0 Å². The lowest BCUT2D eigenvalue weighted by molar-refractivity contribution is 0.318. The highest BCUT2D eigenvalue weighted by Gasteiger charge is 2.25. The minimum Gasteiger partial charge on any atom is -0.357 e. The van der Waals surface area contributed by atoms with Crippen LogP contribution in [0.4, 0.5) is 17.6 Å². The molecule has 0 saturated heterocycles. The topological polar surface area (TPSA) is 92.6 Å². The lowest BCUT2D eigenvalue weighted by atomic mass is 9.86. The van der Waals surface area contributed by atoms with Crippen molar-refractivity contribution in [2.45, 2.75) is 38.3 Å². The summed E-state index contributed by atoms with van der Waals surface area (Å²) in [4.78, 5) is 18.7. The first-order valence-electron chi connectivity index (χ1n) is 11.2. The van der Waals surface area contributed by atoms with Crippen molar-refractivity contribution >= 4 is 39.5 Å². The predicted octanol–water partition coefficient (Wildman–Crippen LogP) is 4.51. The molecule has 0 radical (unpaired) electrons. The average Bonchev–Trinajstić information content (AvgIpc) is 3.17. The van der Waals surface area contributed by atoms with Gasteiger partial charge in [0.2, 0.25) is 5.95 Å². The summed E-state index contributed by atoms with van der Waals surface area (Å²) in [5.41, 5.74) is 3.23. The van der Waals surface area contributed by atoms with E-state index in [4.69, 9.17) is 9.97 Å². The molecule has 4 aromatic rings. The fourth-order valence-electron chi connectivity index (χ4n) is 5.00. The highest BCUT2D eigenvalue weighted by atomic mass is 15.2. The van der Waals surface area contributed by atoms with Crippen LogP contribution in [0.1, 0.15) is 37.3 Å². The van der Waals surface area contributed by atoms with Gasteiger partial charge >= 0.3 is 0 Å². The molecule has 8 heteroatoms. The molecule has 4 aromatic heterocycles. The maximum absolute atomic E-state index is 4.95. The van der Waals surface area contributed by atoms with Gasteiger partial charge in [-0.25, -0.2) is 9.97 Å². The van der Waals surface area contributed by atoms with Crippen LogP contribution < -0.4 is 16.0 Å². The summed E-state index contributed by atoms with van der Waals surface area (Å²) in [5, 5.41) is 12.1. The van der Waals surface area contributed by atoms with E-state index in [0.717, 1.165) is 71.4 Å². The SMILES string of the molecule is C=CC1CCC(n2c3cnccc3c3cnc(Nc4ccc5c(n4)NCNC5)nc32)CC1. The maximum Gasteiger partial charge on any atom is 0.230 e. The van der Waals surface area contributed by atoms with Crippen LogP contribution in [0.15, 0.2) is 49.4 Å². The highest BCUT2D eigenvalue weighted by Crippen LogP contribution is 2.38. The molecule has 0 unspecified atom stereocenters. The van der Waals surface area contributed by atoms with Crippen LogP contribution in [0, 0.1) is 5.92 Å². The van der Waals surface area contributed by atoms with E-state index in [1.165, 1.54) is 0 Å². The number of rotatable bonds is 4. The smallest absolute Gasteiger partial charge is 0.230 e. The molecule has 32 heavy (non-hydrogen) atoms. The summed E-state index contributed by atoms with van der Waals surface area (Å²) in [5.74, 6) is 2.79. The van der Waals surface area contributed by atoms with Gasteiger partial charge in [0.05, 0.1) is 18.4 Å². The van der Waals surface area contributed by atoms with Crippen molar-refractivity contribution in [2.24, 2.45) is 5.92 Å². The largest absolute Gasteiger partial charge is 0.357 e.